The first kappa shape index (κ1) is 20.1. The number of benzene rings is 2. The van der Waals surface area contributed by atoms with Gasteiger partial charge in [-0.25, -0.2) is 0 Å². The summed E-state index contributed by atoms with van der Waals surface area (Å²) in [6.07, 6.45) is 1.04. The van der Waals surface area contributed by atoms with Crippen molar-refractivity contribution in [3.63, 3.8) is 0 Å². The third kappa shape index (κ3) is 5.20. The van der Waals surface area contributed by atoms with Crippen LogP contribution in [0.5, 0.6) is 0 Å². The summed E-state index contributed by atoms with van der Waals surface area (Å²) >= 11 is 0. The molecular weight excluding hydrogens is 352 g/mol. The summed E-state index contributed by atoms with van der Waals surface area (Å²) < 4.78 is 5.82. The van der Waals surface area contributed by atoms with Gasteiger partial charge in [0.1, 0.15) is 0 Å². The van der Waals surface area contributed by atoms with Crippen molar-refractivity contribution in [3.8, 4) is 0 Å². The fourth-order valence-electron chi connectivity index (χ4n) is 3.37. The van der Waals surface area contributed by atoms with Crippen molar-refractivity contribution in [3.05, 3.63) is 65.7 Å². The van der Waals surface area contributed by atoms with E-state index >= 15 is 0 Å². The largest absolute Gasteiger partial charge is 0.374 e. The molecule has 0 aromatic heterocycles. The zero-order chi connectivity index (χ0) is 19.9. The maximum absolute atomic E-state index is 12.4. The van der Waals surface area contributed by atoms with Gasteiger partial charge in [0.05, 0.1) is 12.0 Å². The lowest BCUT2D eigenvalue weighted by Crippen LogP contribution is -2.33. The molecule has 0 spiro atoms. The van der Waals surface area contributed by atoms with Gasteiger partial charge in [-0.2, -0.15) is 0 Å². The zero-order valence-electron chi connectivity index (χ0n) is 16.6. The van der Waals surface area contributed by atoms with Gasteiger partial charge in [-0.3, -0.25) is 9.59 Å². The smallest absolute Gasteiger partial charge is 0.227 e. The van der Waals surface area contributed by atoms with E-state index in [1.807, 2.05) is 68.4 Å². The van der Waals surface area contributed by atoms with Gasteiger partial charge in [-0.15, -0.1) is 0 Å². The van der Waals surface area contributed by atoms with E-state index in [4.69, 9.17) is 4.74 Å². The second-order valence-electron chi connectivity index (χ2n) is 7.31. The number of hydrogen-bond donors (Lipinski definition) is 1. The third-order valence-electron chi connectivity index (χ3n) is 5.10. The van der Waals surface area contributed by atoms with Gasteiger partial charge in [0.25, 0.3) is 0 Å². The number of aryl methyl sites for hydroxylation is 1. The minimum atomic E-state index is -0.294. The molecule has 1 fully saturated rings. The van der Waals surface area contributed by atoms with Crippen molar-refractivity contribution in [1.29, 1.82) is 0 Å². The van der Waals surface area contributed by atoms with Crippen LogP contribution in [0.1, 0.15) is 37.0 Å². The molecule has 0 aliphatic carbocycles. The van der Waals surface area contributed by atoms with Crippen LogP contribution in [0.25, 0.3) is 0 Å². The van der Waals surface area contributed by atoms with Gasteiger partial charge in [0.2, 0.25) is 11.8 Å². The maximum atomic E-state index is 12.4. The highest BCUT2D eigenvalue weighted by Gasteiger charge is 2.34. The molecular formula is C23H28N2O3. The number of ether oxygens (including phenoxy) is 1. The minimum absolute atomic E-state index is 0.00372. The topological polar surface area (TPSA) is 58.6 Å². The van der Waals surface area contributed by atoms with E-state index in [9.17, 15) is 9.59 Å². The van der Waals surface area contributed by atoms with Crippen LogP contribution in [0.15, 0.2) is 54.6 Å². The average molecular weight is 380 g/mol. The van der Waals surface area contributed by atoms with Crippen LogP contribution < -0.4 is 10.2 Å². The molecule has 0 bridgehead atoms. The van der Waals surface area contributed by atoms with Crippen LogP contribution in [-0.2, 0) is 14.3 Å². The van der Waals surface area contributed by atoms with E-state index in [0.29, 0.717) is 19.7 Å². The molecule has 3 rings (SSSR count). The van der Waals surface area contributed by atoms with E-state index in [0.717, 1.165) is 23.2 Å². The molecule has 2 unspecified atom stereocenters. The Morgan fingerprint density at radius 1 is 1.18 bits per heavy atom. The summed E-state index contributed by atoms with van der Waals surface area (Å²) in [5, 5.41) is 2.94. The summed E-state index contributed by atoms with van der Waals surface area (Å²) in [6.45, 7) is 5.61. The standard InChI is InChI=1S/C23H28N2O3/c1-17-9-11-21(12-10-17)25-16-20(15-22(25)26)23(27)24-13-6-14-28-18(2)19-7-4-3-5-8-19/h3-5,7-12,18,20H,6,13-16H2,1-2H3,(H,24,27). The maximum Gasteiger partial charge on any atom is 0.227 e. The van der Waals surface area contributed by atoms with E-state index in [1.54, 1.807) is 4.90 Å². The van der Waals surface area contributed by atoms with Crippen LogP contribution in [-0.4, -0.2) is 31.5 Å². The molecule has 2 aromatic rings. The molecule has 2 aromatic carbocycles. The van der Waals surface area contributed by atoms with Gasteiger partial charge in [-0.1, -0.05) is 48.0 Å². The first-order chi connectivity index (χ1) is 13.5. The Morgan fingerprint density at radius 3 is 2.61 bits per heavy atom. The van der Waals surface area contributed by atoms with Crippen LogP contribution in [0, 0.1) is 12.8 Å². The second kappa shape index (κ2) is 9.51. The number of rotatable bonds is 8. The number of nitrogens with zero attached hydrogens (tertiary/aromatic N) is 1. The Hall–Kier alpha value is -2.66. The normalized spacial score (nSPS) is 17.6. The van der Waals surface area contributed by atoms with Crippen molar-refractivity contribution in [2.45, 2.75) is 32.8 Å². The molecule has 1 saturated heterocycles. The van der Waals surface area contributed by atoms with Crippen molar-refractivity contribution >= 4 is 17.5 Å². The highest BCUT2D eigenvalue weighted by atomic mass is 16.5. The number of nitrogens with one attached hydrogen (secondary N) is 1. The predicted molar refractivity (Wildman–Crippen MR) is 110 cm³/mol. The van der Waals surface area contributed by atoms with Gasteiger partial charge < -0.3 is 15.0 Å². The molecule has 1 aliphatic heterocycles. The second-order valence-corrected chi connectivity index (χ2v) is 7.31. The van der Waals surface area contributed by atoms with Crippen LogP contribution in [0.2, 0.25) is 0 Å². The lowest BCUT2D eigenvalue weighted by molar-refractivity contribution is -0.126. The van der Waals surface area contributed by atoms with Crippen molar-refractivity contribution in [1.82, 2.24) is 5.32 Å². The average Bonchev–Trinajstić information content (AvgIpc) is 3.10. The molecule has 148 valence electrons. The lowest BCUT2D eigenvalue weighted by Gasteiger charge is -2.17. The van der Waals surface area contributed by atoms with Crippen molar-refractivity contribution in [2.24, 2.45) is 5.92 Å². The number of amides is 2. The predicted octanol–water partition coefficient (Wildman–Crippen LogP) is 3.63. The molecule has 2 amide bonds. The van der Waals surface area contributed by atoms with Gasteiger partial charge >= 0.3 is 0 Å². The monoisotopic (exact) mass is 380 g/mol. The fraction of sp³-hybridized carbons (Fsp3) is 0.391. The minimum Gasteiger partial charge on any atom is -0.374 e. The zero-order valence-corrected chi connectivity index (χ0v) is 16.6. The first-order valence-corrected chi connectivity index (χ1v) is 9.86. The Labute approximate surface area is 166 Å². The molecule has 0 saturated carbocycles. The Bertz CT molecular complexity index is 789. The fourth-order valence-corrected chi connectivity index (χ4v) is 3.37. The van der Waals surface area contributed by atoms with Gasteiger partial charge in [0.15, 0.2) is 0 Å². The highest BCUT2D eigenvalue weighted by Crippen LogP contribution is 2.25. The number of carbonyl (C=O) groups is 2. The number of carbonyl (C=O) groups excluding carboxylic acids is 2. The lowest BCUT2D eigenvalue weighted by atomic mass is 10.1. The highest BCUT2D eigenvalue weighted by molar-refractivity contribution is 6.00. The summed E-state index contributed by atoms with van der Waals surface area (Å²) in [5.41, 5.74) is 3.15. The van der Waals surface area contributed by atoms with Crippen molar-refractivity contribution < 1.29 is 14.3 Å². The molecule has 1 heterocycles. The first-order valence-electron chi connectivity index (χ1n) is 9.86. The third-order valence-corrected chi connectivity index (χ3v) is 5.10. The molecule has 1 aliphatic rings. The Morgan fingerprint density at radius 2 is 1.89 bits per heavy atom. The van der Waals surface area contributed by atoms with E-state index < -0.39 is 0 Å². The molecule has 0 radical (unpaired) electrons. The summed E-state index contributed by atoms with van der Waals surface area (Å²) in [5.74, 6) is -0.346. The molecule has 1 N–H and O–H groups in total. The van der Waals surface area contributed by atoms with Crippen molar-refractivity contribution in [2.75, 3.05) is 24.6 Å². The quantitative estimate of drug-likeness (QED) is 0.712. The number of hydrogen-bond acceptors (Lipinski definition) is 3. The SMILES string of the molecule is Cc1ccc(N2CC(C(=O)NCCCOC(C)c3ccccc3)CC2=O)cc1. The van der Waals surface area contributed by atoms with Crippen LogP contribution in [0.4, 0.5) is 5.69 Å². The summed E-state index contributed by atoms with van der Waals surface area (Å²) in [7, 11) is 0. The van der Waals surface area contributed by atoms with Crippen LogP contribution in [0.3, 0.4) is 0 Å². The van der Waals surface area contributed by atoms with Gasteiger partial charge in [-0.05, 0) is 38.0 Å². The molecule has 2 atom stereocenters. The Kier molecular flexibility index (Phi) is 6.82. The van der Waals surface area contributed by atoms with Crippen LogP contribution >= 0.6 is 0 Å². The van der Waals surface area contributed by atoms with Gasteiger partial charge in [0, 0.05) is 31.8 Å². The molecule has 5 nitrogen and oxygen atoms in total. The van der Waals surface area contributed by atoms with E-state index in [1.165, 1.54) is 0 Å². The summed E-state index contributed by atoms with van der Waals surface area (Å²) in [6, 6.07) is 17.9. The van der Waals surface area contributed by atoms with E-state index in [2.05, 4.69) is 5.32 Å². The summed E-state index contributed by atoms with van der Waals surface area (Å²) in [4.78, 5) is 26.4. The van der Waals surface area contributed by atoms with E-state index in [-0.39, 0.29) is 30.3 Å². The molecule has 28 heavy (non-hydrogen) atoms. The number of anilines is 1. The Balaban J connectivity index is 1.38. The molecule has 5 heteroatoms.